The molecule has 0 saturated heterocycles. The lowest BCUT2D eigenvalue weighted by Gasteiger charge is -2.07. The zero-order valence-corrected chi connectivity index (χ0v) is 17.5. The van der Waals surface area contributed by atoms with Crippen molar-refractivity contribution in [3.05, 3.63) is 71.1 Å². The maximum atomic E-state index is 13.3. The van der Waals surface area contributed by atoms with Gasteiger partial charge in [0.25, 0.3) is 10.0 Å². The van der Waals surface area contributed by atoms with Crippen LogP contribution in [0.25, 0.3) is 22.2 Å². The molecule has 3 aromatic heterocycles. The molecule has 0 aliphatic carbocycles. The molecule has 142 valence electrons. The molecule has 0 aliphatic heterocycles. The normalized spacial score (nSPS) is 11.7. The molecule has 4 rings (SSSR count). The number of fused-ring (bicyclic) bond motifs is 1. The zero-order valence-electron chi connectivity index (χ0n) is 15.1. The van der Waals surface area contributed by atoms with Gasteiger partial charge in [-0.25, -0.2) is 22.4 Å². The Hall–Kier alpha value is -2.71. The second-order valence-electron chi connectivity index (χ2n) is 6.27. The Morgan fingerprint density at radius 2 is 1.79 bits per heavy atom. The van der Waals surface area contributed by atoms with Gasteiger partial charge in [0.2, 0.25) is 5.88 Å². The van der Waals surface area contributed by atoms with Gasteiger partial charge in [-0.1, -0.05) is 17.7 Å². The van der Waals surface area contributed by atoms with E-state index in [1.165, 1.54) is 3.97 Å². The van der Waals surface area contributed by atoms with E-state index in [9.17, 15) is 8.42 Å². The summed E-state index contributed by atoms with van der Waals surface area (Å²) in [7, 11) is -2.26. The molecule has 0 fully saturated rings. The molecule has 4 aromatic rings. The van der Waals surface area contributed by atoms with Crippen LogP contribution in [0.1, 0.15) is 5.56 Å². The highest BCUT2D eigenvalue weighted by atomic mass is 79.9. The first-order valence-electron chi connectivity index (χ1n) is 8.39. The van der Waals surface area contributed by atoms with Gasteiger partial charge in [-0.3, -0.25) is 0 Å². The number of hydrogen-bond acceptors (Lipinski definition) is 5. The smallest absolute Gasteiger partial charge is 0.269 e. The molecule has 0 spiro atoms. The highest BCUT2D eigenvalue weighted by molar-refractivity contribution is 9.10. The largest absolute Gasteiger partial charge is 0.481 e. The Balaban J connectivity index is 1.96. The minimum atomic E-state index is -3.80. The lowest BCUT2D eigenvalue weighted by Crippen LogP contribution is -2.12. The van der Waals surface area contributed by atoms with E-state index in [1.54, 1.807) is 56.0 Å². The zero-order chi connectivity index (χ0) is 19.9. The van der Waals surface area contributed by atoms with E-state index in [4.69, 9.17) is 4.74 Å². The van der Waals surface area contributed by atoms with Gasteiger partial charge in [0.05, 0.1) is 12.0 Å². The third kappa shape index (κ3) is 3.18. The number of halogens is 1. The number of methoxy groups -OCH3 is 1. The summed E-state index contributed by atoms with van der Waals surface area (Å²) in [6.07, 6.45) is 4.82. The number of ether oxygens (including phenoxy) is 1. The summed E-state index contributed by atoms with van der Waals surface area (Å²) in [5.74, 6) is 0.485. The molecule has 0 radical (unpaired) electrons. The molecule has 0 unspecified atom stereocenters. The van der Waals surface area contributed by atoms with Crippen molar-refractivity contribution in [2.75, 3.05) is 7.11 Å². The van der Waals surface area contributed by atoms with Crippen LogP contribution in [0.15, 0.2) is 70.4 Å². The summed E-state index contributed by atoms with van der Waals surface area (Å²) < 4.78 is 33.6. The number of pyridine rings is 2. The van der Waals surface area contributed by atoms with E-state index in [0.717, 1.165) is 21.2 Å². The van der Waals surface area contributed by atoms with Crippen molar-refractivity contribution in [3.63, 3.8) is 0 Å². The molecule has 6 nitrogen and oxygen atoms in total. The highest BCUT2D eigenvalue weighted by Crippen LogP contribution is 2.33. The molecule has 0 N–H and O–H groups in total. The van der Waals surface area contributed by atoms with Crippen LogP contribution in [-0.4, -0.2) is 29.5 Å². The molecule has 0 aliphatic rings. The third-order valence-corrected chi connectivity index (χ3v) is 6.51. The number of aromatic nitrogens is 3. The van der Waals surface area contributed by atoms with Crippen molar-refractivity contribution < 1.29 is 13.2 Å². The molecule has 28 heavy (non-hydrogen) atoms. The van der Waals surface area contributed by atoms with Crippen molar-refractivity contribution in [1.82, 2.24) is 13.9 Å². The maximum absolute atomic E-state index is 13.3. The number of nitrogens with zero attached hydrogens (tertiary/aromatic N) is 3. The fraction of sp³-hybridized carbons (Fsp3) is 0.100. The average molecular weight is 458 g/mol. The molecule has 1 aromatic carbocycles. The summed E-state index contributed by atoms with van der Waals surface area (Å²) >= 11 is 3.42. The van der Waals surface area contributed by atoms with E-state index >= 15 is 0 Å². The van der Waals surface area contributed by atoms with E-state index in [1.807, 2.05) is 19.1 Å². The predicted molar refractivity (Wildman–Crippen MR) is 111 cm³/mol. The highest BCUT2D eigenvalue weighted by Gasteiger charge is 2.23. The van der Waals surface area contributed by atoms with Gasteiger partial charge in [-0.2, -0.15) is 0 Å². The van der Waals surface area contributed by atoms with Gasteiger partial charge in [0.1, 0.15) is 0 Å². The first-order valence-corrected chi connectivity index (χ1v) is 10.6. The fourth-order valence-corrected chi connectivity index (χ4v) is 4.61. The molecule has 8 heteroatoms. The van der Waals surface area contributed by atoms with Crippen molar-refractivity contribution in [2.24, 2.45) is 0 Å². The van der Waals surface area contributed by atoms with Gasteiger partial charge < -0.3 is 4.74 Å². The lowest BCUT2D eigenvalue weighted by atomic mass is 10.1. The number of benzene rings is 1. The minimum Gasteiger partial charge on any atom is -0.481 e. The van der Waals surface area contributed by atoms with Crippen LogP contribution >= 0.6 is 15.9 Å². The van der Waals surface area contributed by atoms with Crippen LogP contribution in [0.3, 0.4) is 0 Å². The van der Waals surface area contributed by atoms with E-state index in [-0.39, 0.29) is 4.90 Å². The van der Waals surface area contributed by atoms with Crippen molar-refractivity contribution in [3.8, 4) is 17.0 Å². The molecular formula is C20H16BrN3O3S. The summed E-state index contributed by atoms with van der Waals surface area (Å²) in [4.78, 5) is 8.80. The maximum Gasteiger partial charge on any atom is 0.269 e. The fourth-order valence-electron chi connectivity index (χ4n) is 2.95. The molecule has 3 heterocycles. The Morgan fingerprint density at radius 3 is 2.43 bits per heavy atom. The van der Waals surface area contributed by atoms with Crippen LogP contribution in [0.5, 0.6) is 5.88 Å². The summed E-state index contributed by atoms with van der Waals surface area (Å²) in [6.45, 7) is 1.91. The topological polar surface area (TPSA) is 74.1 Å². The second-order valence-corrected chi connectivity index (χ2v) is 9.00. The second kappa shape index (κ2) is 7.03. The lowest BCUT2D eigenvalue weighted by molar-refractivity contribution is 0.398. The molecular weight excluding hydrogens is 442 g/mol. The van der Waals surface area contributed by atoms with E-state index in [2.05, 4.69) is 25.9 Å². The predicted octanol–water partition coefficient (Wildman–Crippen LogP) is 4.41. The van der Waals surface area contributed by atoms with Crippen molar-refractivity contribution >= 4 is 37.0 Å². The van der Waals surface area contributed by atoms with Crippen LogP contribution in [-0.2, 0) is 10.0 Å². The quantitative estimate of drug-likeness (QED) is 0.453. The first-order chi connectivity index (χ1) is 13.4. The SMILES string of the molecule is COc1ccc(-c2cn(S(=O)(=O)c3ccc(C)cc3)c3ncc(Br)cc23)cn1. The summed E-state index contributed by atoms with van der Waals surface area (Å²) in [5, 5.41) is 0.706. The minimum absolute atomic E-state index is 0.208. The number of hydrogen-bond donors (Lipinski definition) is 0. The standard InChI is InChI=1S/C20H16BrN3O3S/c1-13-3-6-16(7-4-13)28(25,26)24-12-18(14-5-8-19(27-2)22-10-14)17-9-15(21)11-23-20(17)24/h3-12H,1-2H3. The molecule has 0 atom stereocenters. The Kier molecular flexibility index (Phi) is 4.68. The van der Waals surface area contributed by atoms with Crippen molar-refractivity contribution in [2.45, 2.75) is 11.8 Å². The van der Waals surface area contributed by atoms with Gasteiger partial charge in [0.15, 0.2) is 5.65 Å². The number of aryl methyl sites for hydroxylation is 1. The third-order valence-electron chi connectivity index (χ3n) is 4.41. The van der Waals surface area contributed by atoms with Crippen LogP contribution in [0.4, 0.5) is 0 Å². The van der Waals surface area contributed by atoms with Crippen LogP contribution < -0.4 is 4.74 Å². The summed E-state index contributed by atoms with van der Waals surface area (Å²) in [5.41, 5.74) is 2.83. The summed E-state index contributed by atoms with van der Waals surface area (Å²) in [6, 6.07) is 12.2. The van der Waals surface area contributed by atoms with Gasteiger partial charge >= 0.3 is 0 Å². The van der Waals surface area contributed by atoms with E-state index < -0.39 is 10.0 Å². The Bertz CT molecular complexity index is 1260. The Morgan fingerprint density at radius 1 is 1.04 bits per heavy atom. The monoisotopic (exact) mass is 457 g/mol. The van der Waals surface area contributed by atoms with Gasteiger partial charge in [-0.15, -0.1) is 0 Å². The first kappa shape index (κ1) is 18.6. The average Bonchev–Trinajstić information content (AvgIpc) is 3.08. The number of rotatable bonds is 4. The molecule has 0 saturated carbocycles. The van der Waals surface area contributed by atoms with Crippen molar-refractivity contribution in [1.29, 1.82) is 0 Å². The Labute approximate surface area is 171 Å². The van der Waals surface area contributed by atoms with Gasteiger partial charge in [0, 0.05) is 45.6 Å². The van der Waals surface area contributed by atoms with Gasteiger partial charge in [-0.05, 0) is 47.1 Å². The molecule has 0 bridgehead atoms. The van der Waals surface area contributed by atoms with Crippen LogP contribution in [0.2, 0.25) is 0 Å². The molecule has 0 amide bonds. The van der Waals surface area contributed by atoms with E-state index in [0.29, 0.717) is 16.9 Å². The van der Waals surface area contributed by atoms with Crippen LogP contribution in [0, 0.1) is 6.92 Å².